The number of benzene rings is 1. The summed E-state index contributed by atoms with van der Waals surface area (Å²) in [4.78, 5) is 22.7. The lowest BCUT2D eigenvalue weighted by Crippen LogP contribution is -2.21. The van der Waals surface area contributed by atoms with E-state index in [4.69, 9.17) is 5.73 Å². The van der Waals surface area contributed by atoms with Crippen LogP contribution in [0.25, 0.3) is 10.9 Å². The summed E-state index contributed by atoms with van der Waals surface area (Å²) in [5, 5.41) is 0.701. The van der Waals surface area contributed by atoms with Crippen LogP contribution in [-0.2, 0) is 7.05 Å². The topological polar surface area (TPSA) is 65.1 Å². The van der Waals surface area contributed by atoms with Gasteiger partial charge in [-0.05, 0) is 6.07 Å². The fourth-order valence-corrected chi connectivity index (χ4v) is 1.61. The minimum Gasteiger partial charge on any atom is -0.366 e. The van der Waals surface area contributed by atoms with Gasteiger partial charge in [-0.1, -0.05) is 18.2 Å². The van der Waals surface area contributed by atoms with Crippen LogP contribution in [0.15, 0.2) is 35.1 Å². The first-order valence-electron chi connectivity index (χ1n) is 4.50. The molecule has 1 aromatic carbocycles. The van der Waals surface area contributed by atoms with Crippen LogP contribution in [0.3, 0.4) is 0 Å². The predicted octanol–water partition coefficient (Wildman–Crippen LogP) is 0.637. The van der Waals surface area contributed by atoms with E-state index in [2.05, 4.69) is 0 Å². The van der Waals surface area contributed by atoms with E-state index in [0.29, 0.717) is 10.9 Å². The molecule has 0 aliphatic carbocycles. The van der Waals surface area contributed by atoms with Crippen molar-refractivity contribution in [2.24, 2.45) is 12.8 Å². The second-order valence-electron chi connectivity index (χ2n) is 3.34. The number of carbonyl (C=O) groups excluding carboxylic acids is 1. The SMILES string of the molecule is Cn1c(=O)cc(C(N)=O)c2ccccc21. The maximum Gasteiger partial charge on any atom is 0.251 e. The predicted molar refractivity (Wildman–Crippen MR) is 57.7 cm³/mol. The van der Waals surface area contributed by atoms with Gasteiger partial charge in [-0.3, -0.25) is 9.59 Å². The van der Waals surface area contributed by atoms with Gasteiger partial charge in [0, 0.05) is 18.5 Å². The lowest BCUT2D eigenvalue weighted by molar-refractivity contribution is 0.100. The van der Waals surface area contributed by atoms with Gasteiger partial charge in [0.1, 0.15) is 0 Å². The molecule has 1 amide bonds. The molecule has 0 unspecified atom stereocenters. The molecule has 0 saturated carbocycles. The minimum absolute atomic E-state index is 0.234. The Labute approximate surface area is 85.9 Å². The van der Waals surface area contributed by atoms with Crippen LogP contribution in [0.4, 0.5) is 0 Å². The Balaban J connectivity index is 3.01. The third-order valence-electron chi connectivity index (χ3n) is 2.42. The van der Waals surface area contributed by atoms with Crippen LogP contribution in [0.5, 0.6) is 0 Å². The summed E-state index contributed by atoms with van der Waals surface area (Å²) in [6, 6.07) is 8.44. The van der Waals surface area contributed by atoms with E-state index < -0.39 is 5.91 Å². The van der Waals surface area contributed by atoms with Crippen molar-refractivity contribution < 1.29 is 4.79 Å². The lowest BCUT2D eigenvalue weighted by Gasteiger charge is -2.06. The fourth-order valence-electron chi connectivity index (χ4n) is 1.61. The lowest BCUT2D eigenvalue weighted by atomic mass is 10.1. The van der Waals surface area contributed by atoms with E-state index in [0.717, 1.165) is 0 Å². The number of pyridine rings is 1. The molecule has 2 aromatic rings. The highest BCUT2D eigenvalue weighted by molar-refractivity contribution is 6.05. The summed E-state index contributed by atoms with van der Waals surface area (Å²) >= 11 is 0. The highest BCUT2D eigenvalue weighted by atomic mass is 16.1. The molecule has 2 N–H and O–H groups in total. The molecule has 0 bridgehead atoms. The summed E-state index contributed by atoms with van der Waals surface area (Å²) in [5.74, 6) is -0.580. The Morgan fingerprint density at radius 3 is 2.67 bits per heavy atom. The van der Waals surface area contributed by atoms with E-state index in [1.165, 1.54) is 10.6 Å². The second-order valence-corrected chi connectivity index (χ2v) is 3.34. The molecular weight excluding hydrogens is 192 g/mol. The Kier molecular flexibility index (Phi) is 2.04. The number of aryl methyl sites for hydroxylation is 1. The van der Waals surface area contributed by atoms with E-state index in [9.17, 15) is 9.59 Å². The zero-order valence-electron chi connectivity index (χ0n) is 8.23. The number of para-hydroxylation sites is 1. The van der Waals surface area contributed by atoms with Gasteiger partial charge in [-0.25, -0.2) is 0 Å². The van der Waals surface area contributed by atoms with Crippen LogP contribution in [-0.4, -0.2) is 10.5 Å². The molecular formula is C11H10N2O2. The second kappa shape index (κ2) is 3.24. The van der Waals surface area contributed by atoms with Gasteiger partial charge in [-0.2, -0.15) is 0 Å². The van der Waals surface area contributed by atoms with Gasteiger partial charge in [0.25, 0.3) is 5.56 Å². The molecule has 1 aromatic heterocycles. The van der Waals surface area contributed by atoms with E-state index >= 15 is 0 Å². The van der Waals surface area contributed by atoms with Crippen molar-refractivity contribution in [3.63, 3.8) is 0 Å². The molecule has 2 rings (SSSR count). The Morgan fingerprint density at radius 1 is 1.33 bits per heavy atom. The van der Waals surface area contributed by atoms with E-state index in [1.54, 1.807) is 25.2 Å². The number of hydrogen-bond donors (Lipinski definition) is 1. The van der Waals surface area contributed by atoms with Gasteiger partial charge in [0.05, 0.1) is 11.1 Å². The molecule has 76 valence electrons. The first-order chi connectivity index (χ1) is 7.11. The van der Waals surface area contributed by atoms with Gasteiger partial charge < -0.3 is 10.3 Å². The van der Waals surface area contributed by atoms with Gasteiger partial charge in [0.15, 0.2) is 0 Å². The standard InChI is InChI=1S/C11H10N2O2/c1-13-9-5-3-2-4-7(9)8(11(12)15)6-10(13)14/h2-6H,1H3,(H2,12,15). The first kappa shape index (κ1) is 9.45. The molecule has 15 heavy (non-hydrogen) atoms. The zero-order chi connectivity index (χ0) is 11.0. The summed E-state index contributed by atoms with van der Waals surface area (Å²) in [6.45, 7) is 0. The first-order valence-corrected chi connectivity index (χ1v) is 4.50. The van der Waals surface area contributed by atoms with Crippen LogP contribution in [0.2, 0.25) is 0 Å². The third kappa shape index (κ3) is 1.40. The van der Waals surface area contributed by atoms with Crippen molar-refractivity contribution in [3.05, 3.63) is 46.2 Å². The average Bonchev–Trinajstić information content (AvgIpc) is 2.23. The maximum atomic E-state index is 11.5. The zero-order valence-corrected chi connectivity index (χ0v) is 8.23. The number of fused-ring (bicyclic) bond motifs is 1. The molecule has 0 atom stereocenters. The van der Waals surface area contributed by atoms with Gasteiger partial charge in [-0.15, -0.1) is 0 Å². The van der Waals surface area contributed by atoms with Crippen LogP contribution < -0.4 is 11.3 Å². The molecule has 0 radical (unpaired) electrons. The Morgan fingerprint density at radius 2 is 2.00 bits per heavy atom. The van der Waals surface area contributed by atoms with Gasteiger partial charge in [0.2, 0.25) is 5.91 Å². The summed E-state index contributed by atoms with van der Waals surface area (Å²) in [5.41, 5.74) is 5.96. The molecule has 0 spiro atoms. The molecule has 0 aliphatic rings. The number of nitrogens with two attached hydrogens (primary N) is 1. The smallest absolute Gasteiger partial charge is 0.251 e. The number of aromatic nitrogens is 1. The maximum absolute atomic E-state index is 11.5. The molecule has 4 nitrogen and oxygen atoms in total. The summed E-state index contributed by atoms with van der Waals surface area (Å²) in [7, 11) is 1.66. The van der Waals surface area contributed by atoms with Crippen LogP contribution in [0, 0.1) is 0 Å². The monoisotopic (exact) mass is 202 g/mol. The fraction of sp³-hybridized carbons (Fsp3) is 0.0909. The number of amides is 1. The highest BCUT2D eigenvalue weighted by Gasteiger charge is 2.09. The minimum atomic E-state index is -0.580. The molecule has 0 aliphatic heterocycles. The van der Waals surface area contributed by atoms with Crippen molar-refractivity contribution in [2.45, 2.75) is 0 Å². The Hall–Kier alpha value is -2.10. The summed E-state index contributed by atoms with van der Waals surface area (Å²) in [6.07, 6.45) is 0. The van der Waals surface area contributed by atoms with Crippen LogP contribution in [0.1, 0.15) is 10.4 Å². The van der Waals surface area contributed by atoms with Crippen molar-refractivity contribution in [1.82, 2.24) is 4.57 Å². The number of primary amides is 1. The highest BCUT2D eigenvalue weighted by Crippen LogP contribution is 2.15. The van der Waals surface area contributed by atoms with E-state index in [1.807, 2.05) is 6.07 Å². The van der Waals surface area contributed by atoms with Gasteiger partial charge >= 0.3 is 0 Å². The normalized spacial score (nSPS) is 10.5. The van der Waals surface area contributed by atoms with Crippen molar-refractivity contribution >= 4 is 16.8 Å². The number of carbonyl (C=O) groups is 1. The molecule has 0 fully saturated rings. The van der Waals surface area contributed by atoms with Crippen molar-refractivity contribution in [2.75, 3.05) is 0 Å². The molecule has 1 heterocycles. The third-order valence-corrected chi connectivity index (χ3v) is 2.42. The van der Waals surface area contributed by atoms with E-state index in [-0.39, 0.29) is 11.1 Å². The number of nitrogens with zero attached hydrogens (tertiary/aromatic N) is 1. The Bertz CT molecular complexity index is 599. The summed E-state index contributed by atoms with van der Waals surface area (Å²) < 4.78 is 1.49. The number of hydrogen-bond acceptors (Lipinski definition) is 2. The average molecular weight is 202 g/mol. The molecule has 0 saturated heterocycles. The largest absolute Gasteiger partial charge is 0.366 e. The van der Waals surface area contributed by atoms with Crippen molar-refractivity contribution in [1.29, 1.82) is 0 Å². The van der Waals surface area contributed by atoms with Crippen molar-refractivity contribution in [3.8, 4) is 0 Å². The quantitative estimate of drug-likeness (QED) is 0.737. The van der Waals surface area contributed by atoms with Crippen LogP contribution >= 0.6 is 0 Å². The number of rotatable bonds is 1. The molecule has 4 heteroatoms.